The molecule has 0 aromatic rings. The summed E-state index contributed by atoms with van der Waals surface area (Å²) < 4.78 is 0. The predicted octanol–water partition coefficient (Wildman–Crippen LogP) is 4.25. The van der Waals surface area contributed by atoms with Gasteiger partial charge in [0.15, 0.2) is 0 Å². The lowest BCUT2D eigenvalue weighted by molar-refractivity contribution is 0.0585. The van der Waals surface area contributed by atoms with Crippen molar-refractivity contribution >= 4 is 0 Å². The van der Waals surface area contributed by atoms with E-state index in [2.05, 4.69) is 27.7 Å². The molecular weight excluding hydrogens is 144 g/mol. The van der Waals surface area contributed by atoms with Crippen LogP contribution in [0.25, 0.3) is 0 Å². The molecular formula is C12H24. The fourth-order valence-corrected chi connectivity index (χ4v) is 3.23. The Morgan fingerprint density at radius 2 is 2.00 bits per heavy atom. The van der Waals surface area contributed by atoms with Crippen molar-refractivity contribution < 1.29 is 0 Å². The number of hydrogen-bond acceptors (Lipinski definition) is 0. The van der Waals surface area contributed by atoms with Gasteiger partial charge >= 0.3 is 0 Å². The van der Waals surface area contributed by atoms with E-state index in [9.17, 15) is 0 Å². The molecule has 1 saturated carbocycles. The molecule has 1 aliphatic carbocycles. The van der Waals surface area contributed by atoms with Crippen LogP contribution >= 0.6 is 0 Å². The molecule has 0 heterocycles. The Hall–Kier alpha value is 0. The highest BCUT2D eigenvalue weighted by molar-refractivity contribution is 4.88. The molecule has 0 amide bonds. The van der Waals surface area contributed by atoms with Crippen LogP contribution in [0.1, 0.15) is 59.8 Å². The van der Waals surface area contributed by atoms with Gasteiger partial charge in [-0.2, -0.15) is 0 Å². The van der Waals surface area contributed by atoms with Crippen molar-refractivity contribution in [2.45, 2.75) is 59.8 Å². The van der Waals surface area contributed by atoms with E-state index in [1.165, 1.54) is 32.1 Å². The second-order valence-electron chi connectivity index (χ2n) is 5.42. The monoisotopic (exact) mass is 168 g/mol. The topological polar surface area (TPSA) is 0 Å². The first-order valence-corrected chi connectivity index (χ1v) is 5.56. The molecule has 72 valence electrons. The summed E-state index contributed by atoms with van der Waals surface area (Å²) in [4.78, 5) is 0. The summed E-state index contributed by atoms with van der Waals surface area (Å²) in [5.74, 6) is 1.95. The van der Waals surface area contributed by atoms with Crippen molar-refractivity contribution in [3.8, 4) is 0 Å². The predicted molar refractivity (Wildman–Crippen MR) is 55.2 cm³/mol. The summed E-state index contributed by atoms with van der Waals surface area (Å²) in [6.07, 6.45) is 7.18. The molecule has 0 saturated heterocycles. The molecule has 0 spiro atoms. The molecule has 0 bridgehead atoms. The van der Waals surface area contributed by atoms with Crippen molar-refractivity contribution in [3.05, 3.63) is 0 Å². The average molecular weight is 168 g/mol. The van der Waals surface area contributed by atoms with Crippen LogP contribution < -0.4 is 0 Å². The molecule has 1 aliphatic rings. The maximum Gasteiger partial charge on any atom is -0.0318 e. The first-order chi connectivity index (χ1) is 5.56. The average Bonchev–Trinajstić information content (AvgIpc) is 1.83. The van der Waals surface area contributed by atoms with Crippen LogP contribution in [0.5, 0.6) is 0 Å². The highest BCUT2D eigenvalue weighted by atomic mass is 14.4. The smallest absolute Gasteiger partial charge is 0.0318 e. The lowest BCUT2D eigenvalue weighted by atomic mass is 9.60. The molecule has 12 heavy (non-hydrogen) atoms. The van der Waals surface area contributed by atoms with E-state index in [0.29, 0.717) is 5.41 Å². The lowest BCUT2D eigenvalue weighted by Crippen LogP contribution is -2.34. The molecule has 1 fully saturated rings. The minimum absolute atomic E-state index is 0.716. The van der Waals surface area contributed by atoms with E-state index in [1.54, 1.807) is 0 Å². The molecule has 0 aromatic carbocycles. The molecule has 1 atom stereocenters. The highest BCUT2D eigenvalue weighted by Crippen LogP contribution is 2.49. The van der Waals surface area contributed by atoms with E-state index < -0.39 is 0 Å². The van der Waals surface area contributed by atoms with Crippen molar-refractivity contribution in [2.24, 2.45) is 17.3 Å². The Kier molecular flexibility index (Phi) is 3.20. The van der Waals surface area contributed by atoms with Gasteiger partial charge in [0.2, 0.25) is 0 Å². The molecule has 1 unspecified atom stereocenters. The third kappa shape index (κ3) is 2.50. The first kappa shape index (κ1) is 10.1. The quantitative estimate of drug-likeness (QED) is 0.588. The Morgan fingerprint density at radius 1 is 1.42 bits per heavy atom. The Balaban J connectivity index is 2.22. The maximum absolute atomic E-state index is 2.47. The fraction of sp³-hybridized carbons (Fsp3) is 1.00. The molecule has 0 radical (unpaired) electrons. The van der Waals surface area contributed by atoms with E-state index in [1.807, 2.05) is 0 Å². The van der Waals surface area contributed by atoms with Crippen molar-refractivity contribution in [3.63, 3.8) is 0 Å². The first-order valence-electron chi connectivity index (χ1n) is 5.56. The fourth-order valence-electron chi connectivity index (χ4n) is 3.23. The van der Waals surface area contributed by atoms with Gasteiger partial charge in [0.05, 0.1) is 0 Å². The molecule has 0 heteroatoms. The molecule has 0 aromatic heterocycles. The van der Waals surface area contributed by atoms with E-state index >= 15 is 0 Å². The van der Waals surface area contributed by atoms with Crippen LogP contribution in [0.3, 0.4) is 0 Å². The highest BCUT2D eigenvalue weighted by Gasteiger charge is 2.37. The van der Waals surface area contributed by atoms with Gasteiger partial charge < -0.3 is 0 Å². The number of hydrogen-bond donors (Lipinski definition) is 0. The summed E-state index contributed by atoms with van der Waals surface area (Å²) in [7, 11) is 0. The second-order valence-corrected chi connectivity index (χ2v) is 5.42. The van der Waals surface area contributed by atoms with Crippen molar-refractivity contribution in [1.29, 1.82) is 0 Å². The van der Waals surface area contributed by atoms with Gasteiger partial charge in [0, 0.05) is 0 Å². The van der Waals surface area contributed by atoms with Gasteiger partial charge in [-0.3, -0.25) is 0 Å². The number of rotatable bonds is 4. The van der Waals surface area contributed by atoms with Gasteiger partial charge in [0.1, 0.15) is 0 Å². The van der Waals surface area contributed by atoms with Gasteiger partial charge in [-0.1, -0.05) is 40.5 Å². The zero-order valence-electron chi connectivity index (χ0n) is 9.19. The molecule has 0 nitrogen and oxygen atoms in total. The van der Waals surface area contributed by atoms with Crippen molar-refractivity contribution in [2.75, 3.05) is 0 Å². The summed E-state index contributed by atoms with van der Waals surface area (Å²) >= 11 is 0. The Labute approximate surface area is 77.7 Å². The van der Waals surface area contributed by atoms with Crippen LogP contribution in [-0.4, -0.2) is 0 Å². The van der Waals surface area contributed by atoms with E-state index in [0.717, 1.165) is 11.8 Å². The minimum atomic E-state index is 0.716. The Bertz CT molecular complexity index is 131. The van der Waals surface area contributed by atoms with E-state index in [-0.39, 0.29) is 0 Å². The maximum atomic E-state index is 2.47. The lowest BCUT2D eigenvalue weighted by Gasteiger charge is -2.45. The SMILES string of the molecule is CCCC(C)CC1(C)CC(C)C1. The summed E-state index contributed by atoms with van der Waals surface area (Å²) in [5.41, 5.74) is 0.716. The Morgan fingerprint density at radius 3 is 2.42 bits per heavy atom. The summed E-state index contributed by atoms with van der Waals surface area (Å²) in [5, 5.41) is 0. The molecule has 0 N–H and O–H groups in total. The van der Waals surface area contributed by atoms with Gasteiger partial charge in [-0.05, 0) is 36.5 Å². The molecule has 1 rings (SSSR count). The van der Waals surface area contributed by atoms with Gasteiger partial charge in [-0.15, -0.1) is 0 Å². The van der Waals surface area contributed by atoms with Crippen LogP contribution in [-0.2, 0) is 0 Å². The van der Waals surface area contributed by atoms with Crippen LogP contribution in [0.15, 0.2) is 0 Å². The summed E-state index contributed by atoms with van der Waals surface area (Å²) in [6.45, 7) is 9.56. The third-order valence-corrected chi connectivity index (χ3v) is 3.31. The van der Waals surface area contributed by atoms with Crippen LogP contribution in [0, 0.1) is 17.3 Å². The third-order valence-electron chi connectivity index (χ3n) is 3.31. The second kappa shape index (κ2) is 3.81. The van der Waals surface area contributed by atoms with E-state index in [4.69, 9.17) is 0 Å². The molecule has 0 aliphatic heterocycles. The van der Waals surface area contributed by atoms with Crippen LogP contribution in [0.4, 0.5) is 0 Å². The van der Waals surface area contributed by atoms with Gasteiger partial charge in [-0.25, -0.2) is 0 Å². The minimum Gasteiger partial charge on any atom is -0.0654 e. The zero-order valence-corrected chi connectivity index (χ0v) is 9.19. The van der Waals surface area contributed by atoms with Crippen LogP contribution in [0.2, 0.25) is 0 Å². The normalized spacial score (nSPS) is 37.5. The van der Waals surface area contributed by atoms with Gasteiger partial charge in [0.25, 0.3) is 0 Å². The standard InChI is InChI=1S/C12H24/c1-5-6-10(2)7-12(4)8-11(3)9-12/h10-11H,5-9H2,1-4H3. The largest absolute Gasteiger partial charge is 0.0654 e. The summed E-state index contributed by atoms with van der Waals surface area (Å²) in [6, 6.07) is 0. The zero-order chi connectivity index (χ0) is 9.19. The van der Waals surface area contributed by atoms with Crippen molar-refractivity contribution in [1.82, 2.24) is 0 Å².